The summed E-state index contributed by atoms with van der Waals surface area (Å²) in [7, 11) is 0. The van der Waals surface area contributed by atoms with Gasteiger partial charge < -0.3 is 18.9 Å². The zero-order chi connectivity index (χ0) is 21.3. The average molecular weight is 447 g/mol. The third kappa shape index (κ3) is 6.69. The first kappa shape index (κ1) is 21.5. The number of ether oxygens (including phenoxy) is 4. The topological polar surface area (TPSA) is 71.1 Å². The summed E-state index contributed by atoms with van der Waals surface area (Å²) in [4.78, 5) is 23.9. The Hall–Kier alpha value is -3.22. The number of halogens is 2. The van der Waals surface area contributed by atoms with Crippen LogP contribution in [0.4, 0.5) is 0 Å². The molecule has 0 bridgehead atoms. The summed E-state index contributed by atoms with van der Waals surface area (Å²) in [6.45, 7) is -0.698. The molecule has 154 valence electrons. The first-order chi connectivity index (χ1) is 14.5. The summed E-state index contributed by atoms with van der Waals surface area (Å²) in [5, 5.41) is 1.07. The molecule has 0 fully saturated rings. The van der Waals surface area contributed by atoms with Gasteiger partial charge in [-0.15, -0.1) is 0 Å². The van der Waals surface area contributed by atoms with E-state index in [2.05, 4.69) is 0 Å². The number of carbonyl (C=O) groups is 2. The summed E-state index contributed by atoms with van der Waals surface area (Å²) in [6.07, 6.45) is 0. The van der Waals surface area contributed by atoms with Crippen molar-refractivity contribution in [3.05, 3.63) is 82.8 Å². The predicted molar refractivity (Wildman–Crippen MR) is 112 cm³/mol. The van der Waals surface area contributed by atoms with Crippen molar-refractivity contribution in [2.45, 2.75) is 0 Å². The van der Waals surface area contributed by atoms with Gasteiger partial charge in [0.15, 0.2) is 24.7 Å². The van der Waals surface area contributed by atoms with Gasteiger partial charge in [0.2, 0.25) is 0 Å². The number of esters is 2. The lowest BCUT2D eigenvalue weighted by Gasteiger charge is -2.12. The van der Waals surface area contributed by atoms with Crippen LogP contribution in [0.15, 0.2) is 72.8 Å². The van der Waals surface area contributed by atoms with Crippen LogP contribution in [0.25, 0.3) is 0 Å². The molecule has 0 saturated heterocycles. The van der Waals surface area contributed by atoms with Gasteiger partial charge in [-0.1, -0.05) is 35.3 Å². The molecule has 0 aliphatic carbocycles. The number of hydrogen-bond acceptors (Lipinski definition) is 6. The van der Waals surface area contributed by atoms with E-state index in [1.165, 1.54) is 0 Å². The zero-order valence-electron chi connectivity index (χ0n) is 15.5. The van der Waals surface area contributed by atoms with Crippen LogP contribution >= 0.6 is 23.2 Å². The highest BCUT2D eigenvalue weighted by Crippen LogP contribution is 2.26. The monoisotopic (exact) mass is 446 g/mol. The van der Waals surface area contributed by atoms with Crippen LogP contribution in [-0.2, 0) is 9.59 Å². The van der Waals surface area contributed by atoms with Crippen molar-refractivity contribution in [3.8, 4) is 23.0 Å². The highest BCUT2D eigenvalue weighted by molar-refractivity contribution is 6.30. The predicted octanol–water partition coefficient (Wildman–Crippen LogP) is 4.96. The Morgan fingerprint density at radius 2 is 0.967 bits per heavy atom. The Balaban J connectivity index is 1.51. The lowest BCUT2D eigenvalue weighted by atomic mass is 10.3. The van der Waals surface area contributed by atoms with Gasteiger partial charge in [-0.2, -0.15) is 0 Å². The van der Waals surface area contributed by atoms with Gasteiger partial charge in [0.25, 0.3) is 0 Å². The van der Waals surface area contributed by atoms with Gasteiger partial charge in [0.1, 0.15) is 11.5 Å². The van der Waals surface area contributed by atoms with E-state index in [0.717, 1.165) is 0 Å². The Morgan fingerprint density at radius 1 is 0.600 bits per heavy atom. The van der Waals surface area contributed by atoms with Crippen molar-refractivity contribution < 1.29 is 28.5 Å². The fraction of sp³-hybridized carbons (Fsp3) is 0.0909. The maximum Gasteiger partial charge on any atom is 0.349 e. The number of carbonyl (C=O) groups excluding carboxylic acids is 2. The molecule has 3 aromatic rings. The second kappa shape index (κ2) is 10.5. The second-order valence-electron chi connectivity index (χ2n) is 5.88. The van der Waals surface area contributed by atoms with E-state index in [-0.39, 0.29) is 24.7 Å². The van der Waals surface area contributed by atoms with Crippen LogP contribution in [-0.4, -0.2) is 25.2 Å². The number of benzene rings is 3. The summed E-state index contributed by atoms with van der Waals surface area (Å²) in [5.74, 6) is 0.0585. The van der Waals surface area contributed by atoms with Gasteiger partial charge in [0, 0.05) is 10.0 Å². The molecular formula is C22H16Cl2O6. The summed E-state index contributed by atoms with van der Waals surface area (Å²) in [6, 6.07) is 19.4. The summed E-state index contributed by atoms with van der Waals surface area (Å²) < 4.78 is 21.2. The molecule has 3 aromatic carbocycles. The first-order valence-electron chi connectivity index (χ1n) is 8.77. The Labute approximate surface area is 182 Å². The maximum atomic E-state index is 12.0. The molecule has 6 nitrogen and oxygen atoms in total. The number of para-hydroxylation sites is 2. The van der Waals surface area contributed by atoms with E-state index in [0.29, 0.717) is 21.5 Å². The van der Waals surface area contributed by atoms with E-state index in [9.17, 15) is 9.59 Å². The fourth-order valence-corrected chi connectivity index (χ4v) is 2.54. The molecule has 0 N–H and O–H groups in total. The molecule has 0 aliphatic heterocycles. The second-order valence-corrected chi connectivity index (χ2v) is 6.75. The average Bonchev–Trinajstić information content (AvgIpc) is 2.74. The number of rotatable bonds is 8. The van der Waals surface area contributed by atoms with Crippen molar-refractivity contribution in [3.63, 3.8) is 0 Å². The number of hydrogen-bond donors (Lipinski definition) is 0. The lowest BCUT2D eigenvalue weighted by Crippen LogP contribution is -2.19. The lowest BCUT2D eigenvalue weighted by molar-refractivity contribution is -0.138. The first-order valence-corrected chi connectivity index (χ1v) is 9.52. The molecule has 0 radical (unpaired) electrons. The molecule has 0 amide bonds. The van der Waals surface area contributed by atoms with Crippen LogP contribution < -0.4 is 18.9 Å². The molecule has 30 heavy (non-hydrogen) atoms. The summed E-state index contributed by atoms with van der Waals surface area (Å²) >= 11 is 11.6. The van der Waals surface area contributed by atoms with Crippen molar-refractivity contribution in [2.75, 3.05) is 13.2 Å². The molecular weight excluding hydrogens is 431 g/mol. The van der Waals surface area contributed by atoms with E-state index < -0.39 is 11.9 Å². The van der Waals surface area contributed by atoms with Gasteiger partial charge in [-0.25, -0.2) is 9.59 Å². The normalized spacial score (nSPS) is 10.2. The van der Waals surface area contributed by atoms with E-state index >= 15 is 0 Å². The Morgan fingerprint density at radius 3 is 1.33 bits per heavy atom. The molecule has 3 rings (SSSR count). The largest absolute Gasteiger partial charge is 0.478 e. The maximum absolute atomic E-state index is 12.0. The van der Waals surface area contributed by atoms with Gasteiger partial charge >= 0.3 is 11.9 Å². The summed E-state index contributed by atoms with van der Waals surface area (Å²) in [5.41, 5.74) is 0. The molecule has 8 heteroatoms. The molecule has 0 heterocycles. The van der Waals surface area contributed by atoms with Crippen molar-refractivity contribution in [1.82, 2.24) is 0 Å². The molecule has 0 atom stereocenters. The van der Waals surface area contributed by atoms with Crippen LogP contribution in [0, 0.1) is 0 Å². The third-order valence-electron chi connectivity index (χ3n) is 3.63. The Kier molecular flexibility index (Phi) is 7.54. The minimum absolute atomic E-state index is 0.282. The van der Waals surface area contributed by atoms with Crippen molar-refractivity contribution in [1.29, 1.82) is 0 Å². The fourth-order valence-electron chi connectivity index (χ4n) is 2.29. The molecule has 0 spiro atoms. The standard InChI is InChI=1S/C22H16Cl2O6/c23-15-5-9-17(10-6-15)29-21(25)13-27-19-3-1-2-4-20(19)28-14-22(26)30-18-11-7-16(24)8-12-18/h1-12H,13-14H2. The Bertz CT molecular complexity index is 920. The quantitative estimate of drug-likeness (QED) is 0.359. The van der Waals surface area contributed by atoms with E-state index in [4.69, 9.17) is 42.1 Å². The highest BCUT2D eigenvalue weighted by atomic mass is 35.5. The molecule has 0 saturated carbocycles. The van der Waals surface area contributed by atoms with Gasteiger partial charge in [-0.3, -0.25) is 0 Å². The zero-order valence-corrected chi connectivity index (χ0v) is 17.1. The van der Waals surface area contributed by atoms with E-state index in [1.54, 1.807) is 72.8 Å². The van der Waals surface area contributed by atoms with Gasteiger partial charge in [-0.05, 0) is 60.7 Å². The highest BCUT2D eigenvalue weighted by Gasteiger charge is 2.12. The third-order valence-corrected chi connectivity index (χ3v) is 4.13. The van der Waals surface area contributed by atoms with Crippen LogP contribution in [0.1, 0.15) is 0 Å². The van der Waals surface area contributed by atoms with Crippen LogP contribution in [0.3, 0.4) is 0 Å². The van der Waals surface area contributed by atoms with Crippen molar-refractivity contribution in [2.24, 2.45) is 0 Å². The van der Waals surface area contributed by atoms with Crippen LogP contribution in [0.5, 0.6) is 23.0 Å². The molecule has 0 unspecified atom stereocenters. The minimum atomic E-state index is -0.603. The minimum Gasteiger partial charge on any atom is -0.478 e. The SMILES string of the molecule is O=C(COc1ccccc1OCC(=O)Oc1ccc(Cl)cc1)Oc1ccc(Cl)cc1. The molecule has 0 aromatic heterocycles. The van der Waals surface area contributed by atoms with Crippen LogP contribution in [0.2, 0.25) is 10.0 Å². The smallest absolute Gasteiger partial charge is 0.349 e. The molecule has 0 aliphatic rings. The van der Waals surface area contributed by atoms with Gasteiger partial charge in [0.05, 0.1) is 0 Å². The van der Waals surface area contributed by atoms with Crippen molar-refractivity contribution >= 4 is 35.1 Å². The van der Waals surface area contributed by atoms with E-state index in [1.807, 2.05) is 0 Å².